The van der Waals surface area contributed by atoms with E-state index in [1.54, 1.807) is 13.3 Å². The van der Waals surface area contributed by atoms with E-state index in [-0.39, 0.29) is 19.1 Å². The third-order valence-corrected chi connectivity index (χ3v) is 3.32. The monoisotopic (exact) mass is 312 g/mol. The fourth-order valence-corrected chi connectivity index (χ4v) is 2.14. The largest absolute Gasteiger partial charge is 0.497 e. The Morgan fingerprint density at radius 2 is 2.00 bits per heavy atom. The summed E-state index contributed by atoms with van der Waals surface area (Å²) in [5.74, 6) is 1.96. The van der Waals surface area contributed by atoms with Crippen molar-refractivity contribution in [3.63, 3.8) is 0 Å². The fraction of sp³-hybridized carbons (Fsp3) is 0.176. The summed E-state index contributed by atoms with van der Waals surface area (Å²) in [4.78, 5) is 11.8. The predicted molar refractivity (Wildman–Crippen MR) is 85.0 cm³/mol. The van der Waals surface area contributed by atoms with Crippen LogP contribution in [0, 0.1) is 0 Å². The first-order valence-corrected chi connectivity index (χ1v) is 7.09. The Morgan fingerprint density at radius 3 is 2.78 bits per heavy atom. The zero-order valence-electron chi connectivity index (χ0n) is 12.6. The van der Waals surface area contributed by atoms with Crippen LogP contribution >= 0.6 is 0 Å². The zero-order valence-corrected chi connectivity index (χ0v) is 12.6. The number of ether oxygens (including phenoxy) is 3. The van der Waals surface area contributed by atoms with E-state index in [0.29, 0.717) is 11.5 Å². The van der Waals surface area contributed by atoms with Crippen LogP contribution in [-0.4, -0.2) is 26.0 Å². The number of carbonyl (C=O) groups is 1. The normalized spacial score (nSPS) is 12.4. The summed E-state index contributed by atoms with van der Waals surface area (Å²) in [6.07, 6.45) is 1.82. The number of amides is 1. The van der Waals surface area contributed by atoms with E-state index in [9.17, 15) is 4.79 Å². The van der Waals surface area contributed by atoms with Crippen LogP contribution in [0.3, 0.4) is 0 Å². The topological polar surface area (TPSA) is 69.2 Å². The van der Waals surface area contributed by atoms with Gasteiger partial charge in [-0.2, -0.15) is 5.10 Å². The van der Waals surface area contributed by atoms with Crippen molar-refractivity contribution in [2.75, 3.05) is 13.9 Å². The molecule has 6 heteroatoms. The summed E-state index contributed by atoms with van der Waals surface area (Å²) >= 11 is 0. The number of carbonyl (C=O) groups excluding carboxylic acids is 1. The van der Waals surface area contributed by atoms with Gasteiger partial charge in [0.25, 0.3) is 0 Å². The van der Waals surface area contributed by atoms with Crippen LogP contribution in [0.25, 0.3) is 0 Å². The molecule has 23 heavy (non-hydrogen) atoms. The molecule has 0 aromatic heterocycles. The smallest absolute Gasteiger partial charge is 0.244 e. The molecule has 2 aromatic rings. The van der Waals surface area contributed by atoms with Gasteiger partial charge in [0.15, 0.2) is 11.5 Å². The Hall–Kier alpha value is -3.02. The minimum absolute atomic E-state index is 0.188. The molecular formula is C17H16N2O4. The number of methoxy groups -OCH3 is 1. The lowest BCUT2D eigenvalue weighted by Crippen LogP contribution is -2.19. The average molecular weight is 312 g/mol. The van der Waals surface area contributed by atoms with E-state index in [2.05, 4.69) is 10.5 Å². The second-order valence-electron chi connectivity index (χ2n) is 4.93. The van der Waals surface area contributed by atoms with Gasteiger partial charge in [-0.25, -0.2) is 5.43 Å². The Labute approximate surface area is 133 Å². The summed E-state index contributed by atoms with van der Waals surface area (Å²) in [7, 11) is 1.60. The number of hydrazone groups is 1. The van der Waals surface area contributed by atoms with Crippen molar-refractivity contribution in [1.29, 1.82) is 0 Å². The molecule has 0 radical (unpaired) electrons. The quantitative estimate of drug-likeness (QED) is 0.678. The van der Waals surface area contributed by atoms with Gasteiger partial charge in [-0.1, -0.05) is 12.1 Å². The van der Waals surface area contributed by atoms with Crippen LogP contribution in [0.1, 0.15) is 11.1 Å². The van der Waals surface area contributed by atoms with Gasteiger partial charge in [-0.3, -0.25) is 4.79 Å². The second-order valence-corrected chi connectivity index (χ2v) is 4.93. The molecule has 6 nitrogen and oxygen atoms in total. The van der Waals surface area contributed by atoms with Crippen molar-refractivity contribution in [1.82, 2.24) is 5.43 Å². The SMILES string of the molecule is COc1ccc(CC(=O)N/N=C/c2ccc3c(c2)OCO3)cc1. The van der Waals surface area contributed by atoms with Gasteiger partial charge in [0.2, 0.25) is 12.7 Å². The predicted octanol–water partition coefficient (Wildman–Crippen LogP) is 2.12. The van der Waals surface area contributed by atoms with Gasteiger partial charge < -0.3 is 14.2 Å². The van der Waals surface area contributed by atoms with Crippen molar-refractivity contribution >= 4 is 12.1 Å². The molecular weight excluding hydrogens is 296 g/mol. The third-order valence-electron chi connectivity index (χ3n) is 3.32. The van der Waals surface area contributed by atoms with Crippen molar-refractivity contribution in [3.8, 4) is 17.2 Å². The Morgan fingerprint density at radius 1 is 1.22 bits per heavy atom. The molecule has 0 bridgehead atoms. The number of benzene rings is 2. The van der Waals surface area contributed by atoms with E-state index in [0.717, 1.165) is 16.9 Å². The molecule has 0 saturated heterocycles. The number of rotatable bonds is 5. The molecule has 0 fully saturated rings. The molecule has 1 aliphatic heterocycles. The van der Waals surface area contributed by atoms with E-state index in [1.165, 1.54) is 0 Å². The maximum Gasteiger partial charge on any atom is 0.244 e. The van der Waals surface area contributed by atoms with Crippen LogP contribution in [0.5, 0.6) is 17.2 Å². The number of hydrogen-bond donors (Lipinski definition) is 1. The van der Waals surface area contributed by atoms with Crippen molar-refractivity contribution in [2.45, 2.75) is 6.42 Å². The van der Waals surface area contributed by atoms with E-state index >= 15 is 0 Å². The van der Waals surface area contributed by atoms with Gasteiger partial charge in [-0.05, 0) is 41.5 Å². The van der Waals surface area contributed by atoms with E-state index < -0.39 is 0 Å². The van der Waals surface area contributed by atoms with E-state index in [1.807, 2.05) is 42.5 Å². The van der Waals surface area contributed by atoms with Crippen molar-refractivity contribution in [3.05, 3.63) is 53.6 Å². The molecule has 1 aliphatic rings. The standard InChI is InChI=1S/C17H16N2O4/c1-21-14-5-2-12(3-6-14)9-17(20)19-18-10-13-4-7-15-16(8-13)23-11-22-15/h2-8,10H,9,11H2,1H3,(H,19,20)/b18-10+. The number of fused-ring (bicyclic) bond motifs is 1. The van der Waals surface area contributed by atoms with Crippen molar-refractivity contribution in [2.24, 2.45) is 5.10 Å². The summed E-state index contributed by atoms with van der Waals surface area (Å²) in [5.41, 5.74) is 4.21. The van der Waals surface area contributed by atoms with Crippen LogP contribution in [0.2, 0.25) is 0 Å². The van der Waals surface area contributed by atoms with Crippen molar-refractivity contribution < 1.29 is 19.0 Å². The zero-order chi connectivity index (χ0) is 16.1. The van der Waals surface area contributed by atoms with Gasteiger partial charge in [0.1, 0.15) is 5.75 Å². The first-order chi connectivity index (χ1) is 11.2. The van der Waals surface area contributed by atoms with Gasteiger partial charge in [-0.15, -0.1) is 0 Å². The van der Waals surface area contributed by atoms with Crippen LogP contribution in [-0.2, 0) is 11.2 Å². The lowest BCUT2D eigenvalue weighted by Gasteiger charge is -2.03. The molecule has 3 rings (SSSR count). The third kappa shape index (κ3) is 3.79. The van der Waals surface area contributed by atoms with Gasteiger partial charge >= 0.3 is 0 Å². The average Bonchev–Trinajstić information content (AvgIpc) is 3.03. The first-order valence-electron chi connectivity index (χ1n) is 7.09. The molecule has 1 amide bonds. The minimum atomic E-state index is -0.188. The highest BCUT2D eigenvalue weighted by atomic mass is 16.7. The Bertz CT molecular complexity index is 726. The lowest BCUT2D eigenvalue weighted by atomic mass is 10.1. The first kappa shape index (κ1) is 14.9. The Balaban J connectivity index is 1.53. The molecule has 0 unspecified atom stereocenters. The van der Waals surface area contributed by atoms with Gasteiger partial charge in [0.05, 0.1) is 19.7 Å². The molecule has 0 atom stereocenters. The number of nitrogens with zero attached hydrogens (tertiary/aromatic N) is 1. The molecule has 0 spiro atoms. The highest BCUT2D eigenvalue weighted by Crippen LogP contribution is 2.31. The molecule has 2 aromatic carbocycles. The maximum atomic E-state index is 11.8. The lowest BCUT2D eigenvalue weighted by molar-refractivity contribution is -0.120. The number of nitrogens with one attached hydrogen (secondary N) is 1. The highest BCUT2D eigenvalue weighted by molar-refractivity contribution is 5.84. The van der Waals surface area contributed by atoms with Crippen LogP contribution in [0.15, 0.2) is 47.6 Å². The molecule has 118 valence electrons. The fourth-order valence-electron chi connectivity index (χ4n) is 2.14. The van der Waals surface area contributed by atoms with Crippen LogP contribution < -0.4 is 19.6 Å². The minimum Gasteiger partial charge on any atom is -0.497 e. The highest BCUT2D eigenvalue weighted by Gasteiger charge is 2.12. The summed E-state index contributed by atoms with van der Waals surface area (Å²) in [6, 6.07) is 12.8. The van der Waals surface area contributed by atoms with Gasteiger partial charge in [0, 0.05) is 0 Å². The summed E-state index contributed by atoms with van der Waals surface area (Å²) < 4.78 is 15.6. The molecule has 1 heterocycles. The Kier molecular flexibility index (Phi) is 4.42. The molecule has 0 aliphatic carbocycles. The second kappa shape index (κ2) is 6.83. The summed E-state index contributed by atoms with van der Waals surface area (Å²) in [5, 5.41) is 3.95. The van der Waals surface area contributed by atoms with Crippen LogP contribution in [0.4, 0.5) is 0 Å². The summed E-state index contributed by atoms with van der Waals surface area (Å²) in [6.45, 7) is 0.231. The maximum absolute atomic E-state index is 11.8. The molecule has 0 saturated carbocycles. The number of hydrogen-bond acceptors (Lipinski definition) is 5. The van der Waals surface area contributed by atoms with E-state index in [4.69, 9.17) is 14.2 Å². The molecule has 1 N–H and O–H groups in total.